The molecule has 204 valence electrons. The number of hydrogen-bond donors (Lipinski definition) is 1. The van der Waals surface area contributed by atoms with E-state index in [9.17, 15) is 18.0 Å². The topological polar surface area (TPSA) is 106 Å². The molecule has 1 saturated heterocycles. The van der Waals surface area contributed by atoms with Crippen molar-refractivity contribution in [2.24, 2.45) is 0 Å². The van der Waals surface area contributed by atoms with Crippen molar-refractivity contribution in [3.8, 4) is 23.0 Å². The molecule has 0 amide bonds. The monoisotopic (exact) mass is 541 g/mol. The molecular weight excluding hydrogens is 515 g/mol. The quantitative estimate of drug-likeness (QED) is 0.336. The summed E-state index contributed by atoms with van der Waals surface area (Å²) in [5.41, 5.74) is 2.88. The standard InChI is InChI=1S/C27H26F3N5O4/c1-2-38-23(36)12-15-3-5-18-19-11-16(4-6-20(19)32-24(15)18)25-33-26(39-34-25)21-13-17(27(28,29)30)14-22(31-21)35-7-9-37-10-8-35/h4,6,11,13-15,32H,2-3,5,7-10,12H2,1H3. The molecule has 4 heterocycles. The number of halogens is 3. The van der Waals surface area contributed by atoms with Crippen molar-refractivity contribution in [2.75, 3.05) is 37.8 Å². The molecule has 1 unspecified atom stereocenters. The lowest BCUT2D eigenvalue weighted by molar-refractivity contribution is -0.143. The highest BCUT2D eigenvalue weighted by Crippen LogP contribution is 2.41. The zero-order valence-electron chi connectivity index (χ0n) is 21.2. The predicted octanol–water partition coefficient (Wildman–Crippen LogP) is 5.12. The molecule has 1 aliphatic carbocycles. The van der Waals surface area contributed by atoms with Crippen LogP contribution in [0.15, 0.2) is 34.9 Å². The molecule has 1 aromatic carbocycles. The van der Waals surface area contributed by atoms with Crippen LogP contribution in [0.3, 0.4) is 0 Å². The smallest absolute Gasteiger partial charge is 0.416 e. The molecule has 39 heavy (non-hydrogen) atoms. The van der Waals surface area contributed by atoms with Gasteiger partial charge in [0.2, 0.25) is 5.82 Å². The van der Waals surface area contributed by atoms with Crippen LogP contribution in [0.2, 0.25) is 0 Å². The molecule has 6 rings (SSSR count). The van der Waals surface area contributed by atoms with Gasteiger partial charge in [-0.3, -0.25) is 4.79 Å². The predicted molar refractivity (Wildman–Crippen MR) is 135 cm³/mol. The zero-order valence-corrected chi connectivity index (χ0v) is 21.2. The Labute approximate surface area is 221 Å². The molecule has 2 aliphatic rings. The van der Waals surface area contributed by atoms with E-state index in [2.05, 4.69) is 20.1 Å². The van der Waals surface area contributed by atoms with E-state index in [-0.39, 0.29) is 35.1 Å². The summed E-state index contributed by atoms with van der Waals surface area (Å²) in [4.78, 5) is 26.0. The Morgan fingerprint density at radius 1 is 1.18 bits per heavy atom. The molecule has 0 saturated carbocycles. The van der Waals surface area contributed by atoms with Gasteiger partial charge >= 0.3 is 12.1 Å². The van der Waals surface area contributed by atoms with Crippen LogP contribution in [0.25, 0.3) is 33.9 Å². The van der Waals surface area contributed by atoms with Crippen LogP contribution in [0.4, 0.5) is 19.0 Å². The molecule has 0 bridgehead atoms. The average molecular weight is 542 g/mol. The molecule has 4 aromatic rings. The van der Waals surface area contributed by atoms with E-state index in [1.54, 1.807) is 11.8 Å². The summed E-state index contributed by atoms with van der Waals surface area (Å²) in [5, 5.41) is 5.04. The summed E-state index contributed by atoms with van der Waals surface area (Å²) < 4.78 is 56.9. The van der Waals surface area contributed by atoms with Crippen molar-refractivity contribution in [3.05, 3.63) is 47.2 Å². The number of aromatic nitrogens is 4. The van der Waals surface area contributed by atoms with E-state index >= 15 is 0 Å². The number of ether oxygens (including phenoxy) is 2. The molecule has 1 N–H and O–H groups in total. The number of rotatable bonds is 6. The maximum Gasteiger partial charge on any atom is 0.416 e. The summed E-state index contributed by atoms with van der Waals surface area (Å²) >= 11 is 0. The fraction of sp³-hybridized carbons (Fsp3) is 0.407. The van der Waals surface area contributed by atoms with Crippen LogP contribution >= 0.6 is 0 Å². The second kappa shape index (κ2) is 9.99. The van der Waals surface area contributed by atoms with Gasteiger partial charge in [0.15, 0.2) is 0 Å². The number of aryl methyl sites for hydroxylation is 1. The molecule has 3 aromatic heterocycles. The van der Waals surface area contributed by atoms with Crippen LogP contribution in [-0.2, 0) is 26.9 Å². The van der Waals surface area contributed by atoms with Crippen molar-refractivity contribution in [3.63, 3.8) is 0 Å². The molecule has 1 aliphatic heterocycles. The first-order valence-corrected chi connectivity index (χ1v) is 12.9. The van der Waals surface area contributed by atoms with Gasteiger partial charge in [0.05, 0.1) is 31.8 Å². The highest BCUT2D eigenvalue weighted by molar-refractivity contribution is 5.89. The van der Waals surface area contributed by atoms with E-state index in [1.165, 1.54) is 0 Å². The van der Waals surface area contributed by atoms with Crippen LogP contribution in [0, 0.1) is 0 Å². The van der Waals surface area contributed by atoms with Gasteiger partial charge in [0, 0.05) is 41.2 Å². The first kappa shape index (κ1) is 25.4. The molecule has 1 atom stereocenters. The van der Waals surface area contributed by atoms with Gasteiger partial charge in [0.1, 0.15) is 11.5 Å². The van der Waals surface area contributed by atoms with Crippen molar-refractivity contribution in [1.82, 2.24) is 20.1 Å². The minimum absolute atomic E-state index is 0.0458. The normalized spacial score (nSPS) is 17.5. The number of morpholine rings is 1. The number of pyridine rings is 1. The molecule has 12 heteroatoms. The van der Waals surface area contributed by atoms with E-state index in [4.69, 9.17) is 14.0 Å². The van der Waals surface area contributed by atoms with E-state index in [0.717, 1.165) is 47.1 Å². The molecule has 0 spiro atoms. The van der Waals surface area contributed by atoms with Crippen LogP contribution in [0.1, 0.15) is 42.5 Å². The van der Waals surface area contributed by atoms with Crippen molar-refractivity contribution in [2.45, 2.75) is 38.3 Å². The van der Waals surface area contributed by atoms with Gasteiger partial charge in [-0.05, 0) is 55.7 Å². The van der Waals surface area contributed by atoms with Gasteiger partial charge in [0.25, 0.3) is 5.89 Å². The first-order chi connectivity index (χ1) is 18.8. The maximum absolute atomic E-state index is 13.7. The largest absolute Gasteiger partial charge is 0.466 e. The number of aromatic amines is 1. The number of hydrogen-bond acceptors (Lipinski definition) is 8. The number of esters is 1. The van der Waals surface area contributed by atoms with E-state index in [1.807, 2.05) is 18.2 Å². The molecule has 0 radical (unpaired) electrons. The third kappa shape index (κ3) is 4.96. The van der Waals surface area contributed by atoms with Crippen molar-refractivity contribution >= 4 is 22.7 Å². The number of alkyl halides is 3. The zero-order chi connectivity index (χ0) is 27.1. The number of nitrogens with zero attached hydrogens (tertiary/aromatic N) is 4. The Hall–Kier alpha value is -3.93. The number of anilines is 1. The number of fused-ring (bicyclic) bond motifs is 3. The van der Waals surface area contributed by atoms with Crippen LogP contribution < -0.4 is 4.90 Å². The van der Waals surface area contributed by atoms with Crippen LogP contribution in [-0.4, -0.2) is 59.0 Å². The highest BCUT2D eigenvalue weighted by atomic mass is 19.4. The summed E-state index contributed by atoms with van der Waals surface area (Å²) in [6.07, 6.45) is -2.57. The molecule has 9 nitrogen and oxygen atoms in total. The molecular formula is C27H26F3N5O4. The Morgan fingerprint density at radius 2 is 2.00 bits per heavy atom. The fourth-order valence-electron chi connectivity index (χ4n) is 5.30. The SMILES string of the molecule is CCOC(=O)CC1CCc2c1[nH]c1ccc(-c3noc(-c4cc(C(F)(F)F)cc(N5CCOCC5)n4)n3)cc21. The Balaban J connectivity index is 1.31. The van der Waals surface area contributed by atoms with Crippen molar-refractivity contribution < 1.29 is 32.0 Å². The van der Waals surface area contributed by atoms with E-state index in [0.29, 0.717) is 44.9 Å². The Kier molecular flexibility index (Phi) is 6.49. The summed E-state index contributed by atoms with van der Waals surface area (Å²) in [7, 11) is 0. The maximum atomic E-state index is 13.7. The molecule has 1 fully saturated rings. The summed E-state index contributed by atoms with van der Waals surface area (Å²) in [6.45, 7) is 3.83. The van der Waals surface area contributed by atoms with Gasteiger partial charge < -0.3 is 23.9 Å². The number of nitrogens with one attached hydrogen (secondary N) is 1. The Bertz CT molecular complexity index is 1520. The number of benzene rings is 1. The number of carbonyl (C=O) groups excluding carboxylic acids is 1. The second-order valence-electron chi connectivity index (χ2n) is 9.64. The van der Waals surface area contributed by atoms with Crippen molar-refractivity contribution in [1.29, 1.82) is 0 Å². The Morgan fingerprint density at radius 3 is 2.77 bits per heavy atom. The fourth-order valence-corrected chi connectivity index (χ4v) is 5.30. The second-order valence-corrected chi connectivity index (χ2v) is 9.64. The van der Waals surface area contributed by atoms with Gasteiger partial charge in [-0.25, -0.2) is 4.98 Å². The third-order valence-electron chi connectivity index (χ3n) is 7.19. The summed E-state index contributed by atoms with van der Waals surface area (Å²) in [6, 6.07) is 7.61. The minimum Gasteiger partial charge on any atom is -0.466 e. The van der Waals surface area contributed by atoms with Gasteiger partial charge in [-0.2, -0.15) is 18.2 Å². The lowest BCUT2D eigenvalue weighted by Crippen LogP contribution is -2.37. The first-order valence-electron chi connectivity index (χ1n) is 12.9. The van der Waals surface area contributed by atoms with Gasteiger partial charge in [-0.15, -0.1) is 0 Å². The van der Waals surface area contributed by atoms with E-state index < -0.39 is 11.7 Å². The summed E-state index contributed by atoms with van der Waals surface area (Å²) in [5.74, 6) is 0.187. The lowest BCUT2D eigenvalue weighted by atomic mass is 10.0. The average Bonchev–Trinajstić information content (AvgIpc) is 3.65. The number of carbonyl (C=O) groups is 1. The van der Waals surface area contributed by atoms with Gasteiger partial charge in [-0.1, -0.05) is 5.16 Å². The van der Waals surface area contributed by atoms with Crippen LogP contribution in [0.5, 0.6) is 0 Å². The third-order valence-corrected chi connectivity index (χ3v) is 7.19. The number of H-pyrrole nitrogens is 1. The highest BCUT2D eigenvalue weighted by Gasteiger charge is 2.33. The lowest BCUT2D eigenvalue weighted by Gasteiger charge is -2.28. The minimum atomic E-state index is -4.56.